The van der Waals surface area contributed by atoms with Gasteiger partial charge >= 0.3 is 0 Å². The highest BCUT2D eigenvalue weighted by Gasteiger charge is 2.29. The van der Waals surface area contributed by atoms with Crippen molar-refractivity contribution in [2.45, 2.75) is 82.8 Å². The van der Waals surface area contributed by atoms with Crippen LogP contribution in [0.3, 0.4) is 0 Å². The second-order valence-corrected chi connectivity index (χ2v) is 6.48. The van der Waals surface area contributed by atoms with Gasteiger partial charge in [0.15, 0.2) is 0 Å². The van der Waals surface area contributed by atoms with Gasteiger partial charge in [0.1, 0.15) is 0 Å². The van der Waals surface area contributed by atoms with Gasteiger partial charge in [-0.05, 0) is 38.0 Å². The zero-order valence-electron chi connectivity index (χ0n) is 11.4. The lowest BCUT2D eigenvalue weighted by Crippen LogP contribution is -2.45. The first kappa shape index (κ1) is 13.4. The second kappa shape index (κ2) is 6.19. The first-order valence-corrected chi connectivity index (χ1v) is 7.64. The van der Waals surface area contributed by atoms with Crippen LogP contribution in [0, 0.1) is 5.92 Å². The molecule has 2 rings (SSSR count). The van der Waals surface area contributed by atoms with Gasteiger partial charge in [-0.2, -0.15) is 0 Å². The lowest BCUT2D eigenvalue weighted by molar-refractivity contribution is 0.00225. The van der Waals surface area contributed by atoms with Crippen LogP contribution in [0.25, 0.3) is 0 Å². The molecule has 0 aliphatic heterocycles. The molecule has 0 aromatic heterocycles. The van der Waals surface area contributed by atoms with E-state index >= 15 is 0 Å². The van der Waals surface area contributed by atoms with E-state index in [1.165, 1.54) is 51.4 Å². The van der Waals surface area contributed by atoms with Gasteiger partial charge in [0, 0.05) is 12.6 Å². The molecule has 0 heterocycles. The standard InChI is InChI=1S/C15H29NO/c1-13-6-5-7-14(9-8-13)16-12-15(17)10-3-2-4-11-15/h13-14,16-17H,2-12H2,1H3. The van der Waals surface area contributed by atoms with Crippen LogP contribution in [-0.2, 0) is 0 Å². The first-order chi connectivity index (χ1) is 8.18. The summed E-state index contributed by atoms with van der Waals surface area (Å²) in [7, 11) is 0. The third-order valence-electron chi connectivity index (χ3n) is 4.76. The Kier molecular flexibility index (Phi) is 4.87. The van der Waals surface area contributed by atoms with Crippen LogP contribution >= 0.6 is 0 Å². The molecule has 2 nitrogen and oxygen atoms in total. The van der Waals surface area contributed by atoms with Crippen molar-refractivity contribution in [1.29, 1.82) is 0 Å². The molecule has 2 aliphatic rings. The van der Waals surface area contributed by atoms with Crippen molar-refractivity contribution in [2.75, 3.05) is 6.54 Å². The Morgan fingerprint density at radius 2 is 1.76 bits per heavy atom. The highest BCUT2D eigenvalue weighted by molar-refractivity contribution is 4.86. The van der Waals surface area contributed by atoms with Crippen LogP contribution < -0.4 is 5.32 Å². The van der Waals surface area contributed by atoms with Crippen molar-refractivity contribution in [3.05, 3.63) is 0 Å². The lowest BCUT2D eigenvalue weighted by atomic mass is 9.84. The molecular formula is C15H29NO. The summed E-state index contributed by atoms with van der Waals surface area (Å²) < 4.78 is 0. The molecule has 0 aromatic carbocycles. The van der Waals surface area contributed by atoms with Gasteiger partial charge in [0.05, 0.1) is 5.60 Å². The van der Waals surface area contributed by atoms with E-state index < -0.39 is 5.60 Å². The van der Waals surface area contributed by atoms with Crippen LogP contribution in [0.5, 0.6) is 0 Å². The van der Waals surface area contributed by atoms with E-state index in [1.54, 1.807) is 0 Å². The molecule has 0 spiro atoms. The number of hydrogen-bond donors (Lipinski definition) is 2. The first-order valence-electron chi connectivity index (χ1n) is 7.64. The molecular weight excluding hydrogens is 210 g/mol. The van der Waals surface area contributed by atoms with Gasteiger partial charge in [-0.25, -0.2) is 0 Å². The third-order valence-corrected chi connectivity index (χ3v) is 4.76. The molecule has 17 heavy (non-hydrogen) atoms. The zero-order chi connectivity index (χ0) is 12.1. The summed E-state index contributed by atoms with van der Waals surface area (Å²) in [6.45, 7) is 3.20. The molecule has 100 valence electrons. The summed E-state index contributed by atoms with van der Waals surface area (Å²) in [6, 6.07) is 0.658. The predicted octanol–water partition coefficient (Wildman–Crippen LogP) is 3.24. The summed E-state index contributed by atoms with van der Waals surface area (Å²) in [5.41, 5.74) is -0.393. The van der Waals surface area contributed by atoms with Crippen LogP contribution in [0.15, 0.2) is 0 Å². The quantitative estimate of drug-likeness (QED) is 0.741. The summed E-state index contributed by atoms with van der Waals surface area (Å²) in [5, 5.41) is 14.1. The average molecular weight is 239 g/mol. The van der Waals surface area contributed by atoms with E-state index in [0.717, 1.165) is 25.3 Å². The maximum absolute atomic E-state index is 10.5. The predicted molar refractivity (Wildman–Crippen MR) is 72.1 cm³/mol. The molecule has 0 radical (unpaired) electrons. The van der Waals surface area contributed by atoms with Gasteiger partial charge in [-0.3, -0.25) is 0 Å². The topological polar surface area (TPSA) is 32.3 Å². The molecule has 0 bridgehead atoms. The Labute approximate surface area is 106 Å². The minimum atomic E-state index is -0.393. The van der Waals surface area contributed by atoms with E-state index in [2.05, 4.69) is 12.2 Å². The van der Waals surface area contributed by atoms with Gasteiger partial charge in [-0.15, -0.1) is 0 Å². The second-order valence-electron chi connectivity index (χ2n) is 6.48. The fourth-order valence-corrected chi connectivity index (χ4v) is 3.41. The molecule has 0 saturated heterocycles. The minimum absolute atomic E-state index is 0.393. The van der Waals surface area contributed by atoms with Crippen molar-refractivity contribution >= 4 is 0 Å². The summed E-state index contributed by atoms with van der Waals surface area (Å²) in [5.74, 6) is 0.902. The molecule has 2 fully saturated rings. The molecule has 2 heteroatoms. The maximum Gasteiger partial charge on any atom is 0.0771 e. The molecule has 2 atom stereocenters. The Morgan fingerprint density at radius 3 is 2.53 bits per heavy atom. The van der Waals surface area contributed by atoms with Crippen LogP contribution in [0.2, 0.25) is 0 Å². The Morgan fingerprint density at radius 1 is 1.00 bits per heavy atom. The number of aliphatic hydroxyl groups is 1. The maximum atomic E-state index is 10.5. The minimum Gasteiger partial charge on any atom is -0.389 e. The fourth-order valence-electron chi connectivity index (χ4n) is 3.41. The summed E-state index contributed by atoms with van der Waals surface area (Å²) in [4.78, 5) is 0. The van der Waals surface area contributed by atoms with Crippen molar-refractivity contribution in [3.8, 4) is 0 Å². The fraction of sp³-hybridized carbons (Fsp3) is 1.00. The van der Waals surface area contributed by atoms with Crippen molar-refractivity contribution in [2.24, 2.45) is 5.92 Å². The van der Waals surface area contributed by atoms with E-state index in [9.17, 15) is 5.11 Å². The zero-order valence-corrected chi connectivity index (χ0v) is 11.4. The van der Waals surface area contributed by atoms with E-state index in [4.69, 9.17) is 0 Å². The highest BCUT2D eigenvalue weighted by atomic mass is 16.3. The van der Waals surface area contributed by atoms with Crippen LogP contribution in [-0.4, -0.2) is 23.3 Å². The smallest absolute Gasteiger partial charge is 0.0771 e. The Hall–Kier alpha value is -0.0800. The van der Waals surface area contributed by atoms with Crippen molar-refractivity contribution < 1.29 is 5.11 Å². The molecule has 2 N–H and O–H groups in total. The SMILES string of the molecule is CC1CCCC(NCC2(O)CCCCC2)CC1. The molecule has 0 aromatic rings. The summed E-state index contributed by atoms with van der Waals surface area (Å²) in [6.07, 6.45) is 12.4. The Balaban J connectivity index is 1.73. The normalized spacial score (nSPS) is 34.2. The average Bonchev–Trinajstić information content (AvgIpc) is 2.53. The van der Waals surface area contributed by atoms with E-state index in [0.29, 0.717) is 6.04 Å². The number of rotatable bonds is 3. The largest absolute Gasteiger partial charge is 0.389 e. The summed E-state index contributed by atoms with van der Waals surface area (Å²) >= 11 is 0. The number of hydrogen-bond acceptors (Lipinski definition) is 2. The van der Waals surface area contributed by atoms with Gasteiger partial charge in [-0.1, -0.05) is 39.0 Å². The third kappa shape index (κ3) is 4.26. The van der Waals surface area contributed by atoms with Crippen molar-refractivity contribution in [3.63, 3.8) is 0 Å². The van der Waals surface area contributed by atoms with E-state index in [-0.39, 0.29) is 0 Å². The molecule has 2 aliphatic carbocycles. The van der Waals surface area contributed by atoms with E-state index in [1.807, 2.05) is 0 Å². The lowest BCUT2D eigenvalue weighted by Gasteiger charge is -2.33. The molecule has 2 saturated carbocycles. The van der Waals surface area contributed by atoms with Crippen LogP contribution in [0.4, 0.5) is 0 Å². The monoisotopic (exact) mass is 239 g/mol. The molecule has 2 unspecified atom stereocenters. The van der Waals surface area contributed by atoms with Crippen LogP contribution in [0.1, 0.15) is 71.1 Å². The van der Waals surface area contributed by atoms with Gasteiger partial charge in [0.2, 0.25) is 0 Å². The molecule has 0 amide bonds. The van der Waals surface area contributed by atoms with Crippen molar-refractivity contribution in [1.82, 2.24) is 5.32 Å². The highest BCUT2D eigenvalue weighted by Crippen LogP contribution is 2.28. The number of nitrogens with one attached hydrogen (secondary N) is 1. The van der Waals surface area contributed by atoms with Gasteiger partial charge in [0.25, 0.3) is 0 Å². The van der Waals surface area contributed by atoms with Gasteiger partial charge < -0.3 is 10.4 Å². The Bertz CT molecular complexity index is 223.